The number of ether oxygens (including phenoxy) is 1. The number of sulfonamides is 1. The third-order valence-corrected chi connectivity index (χ3v) is 4.37. The van der Waals surface area contributed by atoms with Gasteiger partial charge >= 0.3 is 5.97 Å². The number of primary sulfonamides is 1. The first-order valence-corrected chi connectivity index (χ1v) is 8.66. The summed E-state index contributed by atoms with van der Waals surface area (Å²) in [6, 6.07) is 4.84. The fraction of sp³-hybridized carbons (Fsp3) is 0.533. The number of nitrogens with zero attached hydrogens (tertiary/aromatic N) is 1. The Morgan fingerprint density at radius 1 is 1.41 bits per heavy atom. The zero-order valence-corrected chi connectivity index (χ0v) is 14.1. The zero-order chi connectivity index (χ0) is 16.7. The molecule has 1 aliphatic rings. The first-order chi connectivity index (χ1) is 9.97. The van der Waals surface area contributed by atoms with Crippen LogP contribution in [-0.2, 0) is 26.0 Å². The van der Waals surface area contributed by atoms with Crippen LogP contribution in [0.25, 0.3) is 0 Å². The van der Waals surface area contributed by atoms with Crippen molar-refractivity contribution < 1.29 is 17.9 Å². The summed E-state index contributed by atoms with van der Waals surface area (Å²) >= 11 is 0. The molecule has 0 saturated carbocycles. The topological polar surface area (TPSA) is 89.7 Å². The van der Waals surface area contributed by atoms with E-state index < -0.39 is 15.6 Å². The molecule has 1 heterocycles. The number of benzene rings is 1. The van der Waals surface area contributed by atoms with E-state index in [0.29, 0.717) is 6.42 Å². The summed E-state index contributed by atoms with van der Waals surface area (Å²) in [7, 11) is -3.72. The normalized spacial score (nSPS) is 18.2. The van der Waals surface area contributed by atoms with E-state index in [1.165, 1.54) is 6.07 Å². The minimum Gasteiger partial charge on any atom is -0.459 e. The van der Waals surface area contributed by atoms with E-state index >= 15 is 0 Å². The molecule has 0 aromatic heterocycles. The summed E-state index contributed by atoms with van der Waals surface area (Å²) in [6.45, 7) is 7.60. The molecule has 1 aromatic rings. The first kappa shape index (κ1) is 16.8. The number of carbonyl (C=O) groups excluding carboxylic acids is 1. The Bertz CT molecular complexity index is 692. The highest BCUT2D eigenvalue weighted by molar-refractivity contribution is 7.89. The van der Waals surface area contributed by atoms with E-state index in [-0.39, 0.29) is 23.5 Å². The van der Waals surface area contributed by atoms with Crippen LogP contribution in [0.1, 0.15) is 33.3 Å². The molecule has 1 atom stereocenters. The van der Waals surface area contributed by atoms with Crippen molar-refractivity contribution in [2.24, 2.45) is 5.14 Å². The number of fused-ring (bicyclic) bond motifs is 1. The Kier molecular flexibility index (Phi) is 4.23. The van der Waals surface area contributed by atoms with Crippen molar-refractivity contribution in [3.05, 3.63) is 23.8 Å². The van der Waals surface area contributed by atoms with Crippen LogP contribution in [0.5, 0.6) is 0 Å². The molecular weight excluding hydrogens is 304 g/mol. The summed E-state index contributed by atoms with van der Waals surface area (Å²) in [5, 5.41) is 5.15. The van der Waals surface area contributed by atoms with Crippen LogP contribution in [0.2, 0.25) is 0 Å². The van der Waals surface area contributed by atoms with Gasteiger partial charge in [-0.1, -0.05) is 0 Å². The molecule has 2 rings (SSSR count). The number of anilines is 1. The smallest absolute Gasteiger partial charge is 0.326 e. The summed E-state index contributed by atoms with van der Waals surface area (Å²) in [6.07, 6.45) is 0.668. The van der Waals surface area contributed by atoms with Crippen molar-refractivity contribution in [2.75, 3.05) is 11.4 Å². The lowest BCUT2D eigenvalue weighted by Gasteiger charge is -2.26. The monoisotopic (exact) mass is 326 g/mol. The van der Waals surface area contributed by atoms with Gasteiger partial charge in [0.1, 0.15) is 12.1 Å². The van der Waals surface area contributed by atoms with E-state index in [4.69, 9.17) is 9.88 Å². The van der Waals surface area contributed by atoms with E-state index in [2.05, 4.69) is 0 Å². The number of carbonyl (C=O) groups is 1. The standard InChI is InChI=1S/C15H22N2O4S/c1-10-7-11-8-12(22(16,19)20)5-6-13(11)17(10)9-14(18)21-15(2,3)4/h5-6,8,10H,7,9H2,1-4H3,(H2,16,19,20). The maximum Gasteiger partial charge on any atom is 0.326 e. The SMILES string of the molecule is CC1Cc2cc(S(N)(=O)=O)ccc2N1CC(=O)OC(C)(C)C. The van der Waals surface area contributed by atoms with Gasteiger partial charge in [-0.2, -0.15) is 0 Å². The van der Waals surface area contributed by atoms with E-state index in [1.54, 1.807) is 12.1 Å². The largest absolute Gasteiger partial charge is 0.459 e. The van der Waals surface area contributed by atoms with Gasteiger partial charge in [0.25, 0.3) is 0 Å². The van der Waals surface area contributed by atoms with Gasteiger partial charge in [0.2, 0.25) is 10.0 Å². The van der Waals surface area contributed by atoms with Crippen molar-refractivity contribution >= 4 is 21.7 Å². The van der Waals surface area contributed by atoms with Crippen LogP contribution < -0.4 is 10.0 Å². The third-order valence-electron chi connectivity index (χ3n) is 3.46. The van der Waals surface area contributed by atoms with Gasteiger partial charge in [0.05, 0.1) is 4.90 Å². The second-order valence-corrected chi connectivity index (χ2v) is 8.16. The predicted octanol–water partition coefficient (Wildman–Crippen LogP) is 1.43. The third kappa shape index (κ3) is 3.78. The zero-order valence-electron chi connectivity index (χ0n) is 13.3. The number of rotatable bonds is 3. The van der Waals surface area contributed by atoms with Crippen molar-refractivity contribution in [1.29, 1.82) is 0 Å². The van der Waals surface area contributed by atoms with Gasteiger partial charge in [-0.05, 0) is 57.9 Å². The summed E-state index contributed by atoms with van der Waals surface area (Å²) in [4.78, 5) is 14.0. The lowest BCUT2D eigenvalue weighted by molar-refractivity contribution is -0.153. The average Bonchev–Trinajstić information content (AvgIpc) is 2.61. The Labute approximate surface area is 131 Å². The van der Waals surface area contributed by atoms with Crippen LogP contribution in [0, 0.1) is 0 Å². The molecule has 0 spiro atoms. The molecule has 0 saturated heterocycles. The van der Waals surface area contributed by atoms with Crippen LogP contribution in [0.3, 0.4) is 0 Å². The molecule has 0 aliphatic carbocycles. The number of nitrogens with two attached hydrogens (primary N) is 1. The van der Waals surface area contributed by atoms with Crippen molar-refractivity contribution in [2.45, 2.75) is 50.7 Å². The van der Waals surface area contributed by atoms with Gasteiger partial charge in [0.15, 0.2) is 0 Å². The predicted molar refractivity (Wildman–Crippen MR) is 84.2 cm³/mol. The maximum absolute atomic E-state index is 12.0. The Hall–Kier alpha value is -1.60. The highest BCUT2D eigenvalue weighted by Gasteiger charge is 2.30. The van der Waals surface area contributed by atoms with E-state index in [1.807, 2.05) is 32.6 Å². The second kappa shape index (κ2) is 5.55. The van der Waals surface area contributed by atoms with Crippen LogP contribution in [0.15, 0.2) is 23.1 Å². The number of hydrogen-bond acceptors (Lipinski definition) is 5. The summed E-state index contributed by atoms with van der Waals surface area (Å²) in [5.41, 5.74) is 1.20. The van der Waals surface area contributed by atoms with Crippen molar-refractivity contribution in [3.8, 4) is 0 Å². The second-order valence-electron chi connectivity index (χ2n) is 6.60. The molecule has 0 amide bonds. The Morgan fingerprint density at radius 2 is 2.05 bits per heavy atom. The molecule has 2 N–H and O–H groups in total. The Morgan fingerprint density at radius 3 is 2.59 bits per heavy atom. The summed E-state index contributed by atoms with van der Waals surface area (Å²) < 4.78 is 28.2. The van der Waals surface area contributed by atoms with E-state index in [9.17, 15) is 13.2 Å². The van der Waals surface area contributed by atoms with Gasteiger partial charge in [-0.25, -0.2) is 13.6 Å². The molecule has 7 heteroatoms. The molecule has 1 unspecified atom stereocenters. The van der Waals surface area contributed by atoms with Crippen LogP contribution in [0.4, 0.5) is 5.69 Å². The van der Waals surface area contributed by atoms with Gasteiger partial charge in [-0.15, -0.1) is 0 Å². The fourth-order valence-corrected chi connectivity index (χ4v) is 3.17. The maximum atomic E-state index is 12.0. The average molecular weight is 326 g/mol. The number of hydrogen-bond donors (Lipinski definition) is 1. The molecule has 1 aliphatic heterocycles. The lowest BCUT2D eigenvalue weighted by Crippen LogP contribution is -2.38. The van der Waals surface area contributed by atoms with Gasteiger partial charge in [-0.3, -0.25) is 4.79 Å². The van der Waals surface area contributed by atoms with Crippen molar-refractivity contribution in [3.63, 3.8) is 0 Å². The van der Waals surface area contributed by atoms with E-state index in [0.717, 1.165) is 11.3 Å². The van der Waals surface area contributed by atoms with Gasteiger partial charge < -0.3 is 9.64 Å². The lowest BCUT2D eigenvalue weighted by atomic mass is 10.1. The highest BCUT2D eigenvalue weighted by Crippen LogP contribution is 2.33. The minimum absolute atomic E-state index is 0.0950. The molecule has 6 nitrogen and oxygen atoms in total. The van der Waals surface area contributed by atoms with Crippen LogP contribution >= 0.6 is 0 Å². The quantitative estimate of drug-likeness (QED) is 0.849. The molecule has 122 valence electrons. The fourth-order valence-electron chi connectivity index (χ4n) is 2.60. The van der Waals surface area contributed by atoms with Crippen molar-refractivity contribution in [1.82, 2.24) is 0 Å². The van der Waals surface area contributed by atoms with Crippen LogP contribution in [-0.4, -0.2) is 32.6 Å². The minimum atomic E-state index is -3.72. The molecule has 1 aromatic carbocycles. The number of esters is 1. The Balaban J connectivity index is 2.22. The molecule has 22 heavy (non-hydrogen) atoms. The molecule has 0 radical (unpaired) electrons. The highest BCUT2D eigenvalue weighted by atomic mass is 32.2. The molecule has 0 fully saturated rings. The molecular formula is C15H22N2O4S. The van der Waals surface area contributed by atoms with Gasteiger partial charge in [0, 0.05) is 11.7 Å². The summed E-state index contributed by atoms with van der Waals surface area (Å²) in [5.74, 6) is -0.303. The molecule has 0 bridgehead atoms. The first-order valence-electron chi connectivity index (χ1n) is 7.11.